The fourth-order valence-electron chi connectivity index (χ4n) is 1.65. The monoisotopic (exact) mass is 330 g/mol. The maximum atomic E-state index is 12.3. The Kier molecular flexibility index (Phi) is 5.04. The number of halogens is 1. The Labute approximate surface area is 127 Å². The van der Waals surface area contributed by atoms with E-state index >= 15 is 0 Å². The molecule has 0 radical (unpaired) electrons. The third kappa shape index (κ3) is 3.73. The Bertz CT molecular complexity index is 670. The van der Waals surface area contributed by atoms with E-state index in [1.165, 1.54) is 17.4 Å². The van der Waals surface area contributed by atoms with Crippen LogP contribution in [0.15, 0.2) is 39.9 Å². The molecule has 1 heterocycles. The summed E-state index contributed by atoms with van der Waals surface area (Å²) in [5.74, 6) is 0. The van der Waals surface area contributed by atoms with Crippen LogP contribution in [0.1, 0.15) is 12.5 Å². The van der Waals surface area contributed by atoms with Crippen LogP contribution in [0.25, 0.3) is 0 Å². The van der Waals surface area contributed by atoms with Crippen LogP contribution < -0.4 is 10.0 Å². The Morgan fingerprint density at radius 3 is 2.75 bits per heavy atom. The summed E-state index contributed by atoms with van der Waals surface area (Å²) in [5.41, 5.74) is 1.33. The van der Waals surface area contributed by atoms with E-state index in [4.69, 9.17) is 11.6 Å². The number of hydrogen-bond acceptors (Lipinski definition) is 4. The fraction of sp³-hybridized carbons (Fsp3) is 0.231. The first-order valence-electron chi connectivity index (χ1n) is 6.07. The van der Waals surface area contributed by atoms with Crippen molar-refractivity contribution in [2.24, 2.45) is 0 Å². The van der Waals surface area contributed by atoms with E-state index in [9.17, 15) is 8.42 Å². The molecule has 2 rings (SSSR count). The van der Waals surface area contributed by atoms with Gasteiger partial charge in [0.15, 0.2) is 0 Å². The third-order valence-electron chi connectivity index (χ3n) is 2.67. The Balaban J connectivity index is 2.27. The molecule has 0 fully saturated rings. The van der Waals surface area contributed by atoms with E-state index in [2.05, 4.69) is 10.0 Å². The molecule has 0 saturated carbocycles. The van der Waals surface area contributed by atoms with Crippen molar-refractivity contribution in [2.45, 2.75) is 18.4 Å². The zero-order valence-electron chi connectivity index (χ0n) is 10.9. The zero-order valence-corrected chi connectivity index (χ0v) is 13.3. The highest BCUT2D eigenvalue weighted by Crippen LogP contribution is 2.23. The van der Waals surface area contributed by atoms with Gasteiger partial charge in [0.1, 0.15) is 0 Å². The molecule has 0 unspecified atom stereocenters. The maximum absolute atomic E-state index is 12.3. The van der Waals surface area contributed by atoms with Gasteiger partial charge in [-0.1, -0.05) is 18.5 Å². The van der Waals surface area contributed by atoms with Crippen LogP contribution in [0.2, 0.25) is 5.02 Å². The number of sulfonamides is 1. The summed E-state index contributed by atoms with van der Waals surface area (Å²) in [6.07, 6.45) is 0. The molecule has 7 heteroatoms. The van der Waals surface area contributed by atoms with E-state index in [1.54, 1.807) is 23.6 Å². The number of benzene rings is 1. The van der Waals surface area contributed by atoms with Gasteiger partial charge in [0.05, 0.1) is 10.6 Å². The van der Waals surface area contributed by atoms with Crippen molar-refractivity contribution in [1.29, 1.82) is 0 Å². The Hall–Kier alpha value is -1.08. The first-order valence-corrected chi connectivity index (χ1v) is 8.87. The second-order valence-electron chi connectivity index (χ2n) is 4.15. The lowest BCUT2D eigenvalue weighted by Gasteiger charge is -2.10. The molecule has 2 N–H and O–H groups in total. The van der Waals surface area contributed by atoms with Crippen molar-refractivity contribution >= 4 is 38.6 Å². The van der Waals surface area contributed by atoms with Crippen molar-refractivity contribution in [1.82, 2.24) is 5.32 Å². The van der Waals surface area contributed by atoms with Crippen molar-refractivity contribution < 1.29 is 8.42 Å². The average molecular weight is 331 g/mol. The molecular formula is C13H15ClN2O2S2. The lowest BCUT2D eigenvalue weighted by Crippen LogP contribution is -2.15. The van der Waals surface area contributed by atoms with Gasteiger partial charge in [0.25, 0.3) is 10.0 Å². The molecule has 0 atom stereocenters. The summed E-state index contributed by atoms with van der Waals surface area (Å²) in [5, 5.41) is 7.25. The lowest BCUT2D eigenvalue weighted by molar-refractivity contribution is 0.601. The van der Waals surface area contributed by atoms with Gasteiger partial charge in [-0.2, -0.15) is 11.3 Å². The highest BCUT2D eigenvalue weighted by atomic mass is 35.5. The van der Waals surface area contributed by atoms with Gasteiger partial charge < -0.3 is 5.32 Å². The second-order valence-corrected chi connectivity index (χ2v) is 7.02. The molecule has 108 valence electrons. The summed E-state index contributed by atoms with van der Waals surface area (Å²) in [6.45, 7) is 3.31. The fourth-order valence-corrected chi connectivity index (χ4v) is 3.60. The van der Waals surface area contributed by atoms with E-state index in [0.717, 1.165) is 12.1 Å². The minimum atomic E-state index is -3.58. The van der Waals surface area contributed by atoms with Crippen molar-refractivity contribution in [3.05, 3.63) is 45.6 Å². The van der Waals surface area contributed by atoms with Gasteiger partial charge >= 0.3 is 0 Å². The summed E-state index contributed by atoms with van der Waals surface area (Å²) in [4.78, 5) is 0.209. The lowest BCUT2D eigenvalue weighted by atomic mass is 10.2. The van der Waals surface area contributed by atoms with Crippen LogP contribution in [0, 0.1) is 0 Å². The molecule has 0 bridgehead atoms. The van der Waals surface area contributed by atoms with Gasteiger partial charge in [0.2, 0.25) is 0 Å². The van der Waals surface area contributed by atoms with Gasteiger partial charge in [-0.15, -0.1) is 0 Å². The second kappa shape index (κ2) is 6.58. The molecular weight excluding hydrogens is 316 g/mol. The normalized spacial score (nSPS) is 11.5. The molecule has 0 aliphatic carbocycles. The SMILES string of the molecule is CCNCc1cc(S(=O)(=O)Nc2ccsc2)ccc1Cl. The van der Waals surface area contributed by atoms with Gasteiger partial charge in [-0.3, -0.25) is 4.72 Å². The van der Waals surface area contributed by atoms with Crippen LogP contribution >= 0.6 is 22.9 Å². The van der Waals surface area contributed by atoms with Gasteiger partial charge in [0, 0.05) is 16.9 Å². The molecule has 0 aliphatic heterocycles. The number of nitrogens with one attached hydrogen (secondary N) is 2. The van der Waals surface area contributed by atoms with E-state index in [0.29, 0.717) is 17.3 Å². The van der Waals surface area contributed by atoms with Crippen molar-refractivity contribution in [2.75, 3.05) is 11.3 Å². The minimum absolute atomic E-state index is 0.209. The molecule has 0 aliphatic rings. The van der Waals surface area contributed by atoms with Gasteiger partial charge in [-0.25, -0.2) is 8.42 Å². The van der Waals surface area contributed by atoms with E-state index in [1.807, 2.05) is 12.3 Å². The summed E-state index contributed by atoms with van der Waals surface area (Å²) in [6, 6.07) is 6.43. The predicted molar refractivity (Wildman–Crippen MR) is 84.0 cm³/mol. The minimum Gasteiger partial charge on any atom is -0.313 e. The van der Waals surface area contributed by atoms with Crippen molar-refractivity contribution in [3.63, 3.8) is 0 Å². The predicted octanol–water partition coefficient (Wildman–Crippen LogP) is 3.31. The number of thiophene rings is 1. The highest BCUT2D eigenvalue weighted by Gasteiger charge is 2.16. The summed E-state index contributed by atoms with van der Waals surface area (Å²) >= 11 is 7.51. The molecule has 2 aromatic rings. The van der Waals surface area contributed by atoms with Crippen molar-refractivity contribution in [3.8, 4) is 0 Å². The third-order valence-corrected chi connectivity index (χ3v) is 5.10. The molecule has 0 amide bonds. The summed E-state index contributed by atoms with van der Waals surface area (Å²) in [7, 11) is -3.58. The molecule has 4 nitrogen and oxygen atoms in total. The Morgan fingerprint density at radius 2 is 2.10 bits per heavy atom. The standard InChI is InChI=1S/C13H15ClN2O2S2/c1-2-15-8-10-7-12(3-4-13(10)14)20(17,18)16-11-5-6-19-9-11/h3-7,9,15-16H,2,8H2,1H3. The maximum Gasteiger partial charge on any atom is 0.261 e. The van der Waals surface area contributed by atoms with Crippen LogP contribution in [0.3, 0.4) is 0 Å². The van der Waals surface area contributed by atoms with E-state index < -0.39 is 10.0 Å². The van der Waals surface area contributed by atoms with Crippen LogP contribution in [0.4, 0.5) is 5.69 Å². The number of anilines is 1. The smallest absolute Gasteiger partial charge is 0.261 e. The first-order chi connectivity index (χ1) is 9.53. The van der Waals surface area contributed by atoms with Gasteiger partial charge in [-0.05, 0) is 41.8 Å². The topological polar surface area (TPSA) is 58.2 Å². The molecule has 1 aromatic carbocycles. The highest BCUT2D eigenvalue weighted by molar-refractivity contribution is 7.92. The Morgan fingerprint density at radius 1 is 1.30 bits per heavy atom. The molecule has 1 aromatic heterocycles. The average Bonchev–Trinajstić information content (AvgIpc) is 2.89. The first kappa shape index (κ1) is 15.3. The van der Waals surface area contributed by atoms with Crippen LogP contribution in [-0.2, 0) is 16.6 Å². The number of rotatable bonds is 6. The van der Waals surface area contributed by atoms with Crippen LogP contribution in [0.5, 0.6) is 0 Å². The molecule has 0 saturated heterocycles. The molecule has 0 spiro atoms. The zero-order chi connectivity index (χ0) is 14.6. The van der Waals surface area contributed by atoms with Crippen LogP contribution in [-0.4, -0.2) is 15.0 Å². The quantitative estimate of drug-likeness (QED) is 0.854. The summed E-state index contributed by atoms with van der Waals surface area (Å²) < 4.78 is 27.1. The molecule has 20 heavy (non-hydrogen) atoms. The largest absolute Gasteiger partial charge is 0.313 e. The van der Waals surface area contributed by atoms with E-state index in [-0.39, 0.29) is 4.90 Å². The number of hydrogen-bond donors (Lipinski definition) is 2.